The molecule has 2 aliphatic heterocycles. The van der Waals surface area contributed by atoms with E-state index in [1.807, 2.05) is 30.5 Å². The molecular weight excluding hydrogens is 582 g/mol. The van der Waals surface area contributed by atoms with Gasteiger partial charge in [0, 0.05) is 48.2 Å². The highest BCUT2D eigenvalue weighted by Gasteiger charge is 2.63. The predicted molar refractivity (Wildman–Crippen MR) is 159 cm³/mol. The molecule has 12 heteroatoms. The third kappa shape index (κ3) is 3.59. The van der Waals surface area contributed by atoms with Crippen molar-refractivity contribution in [2.45, 2.75) is 29.8 Å². The number of allylic oxidation sites excluding steroid dienone is 1. The maximum absolute atomic E-state index is 14.9. The van der Waals surface area contributed by atoms with Crippen LogP contribution in [-0.4, -0.2) is 46.8 Å². The Labute approximate surface area is 250 Å². The molecule has 218 valence electrons. The average molecular weight is 610 g/mol. The summed E-state index contributed by atoms with van der Waals surface area (Å²) in [6.45, 7) is 1.76. The van der Waals surface area contributed by atoms with E-state index < -0.39 is 40.3 Å². The Balaban J connectivity index is 1.61. The van der Waals surface area contributed by atoms with E-state index in [1.54, 1.807) is 25.7 Å². The third-order valence-electron chi connectivity index (χ3n) is 8.53. The minimum Gasteiger partial charge on any atom is -0.496 e. The summed E-state index contributed by atoms with van der Waals surface area (Å²) in [5, 5.41) is 3.27. The normalized spacial score (nSPS) is 22.4. The van der Waals surface area contributed by atoms with Crippen molar-refractivity contribution in [3.63, 3.8) is 0 Å². The van der Waals surface area contributed by atoms with Gasteiger partial charge in [-0.15, -0.1) is 11.8 Å². The molecule has 0 amide bonds. The van der Waals surface area contributed by atoms with Crippen LogP contribution < -0.4 is 30.8 Å². The van der Waals surface area contributed by atoms with Crippen LogP contribution in [0.4, 0.5) is 5.82 Å². The van der Waals surface area contributed by atoms with Crippen molar-refractivity contribution < 1.29 is 23.8 Å². The van der Waals surface area contributed by atoms with Crippen LogP contribution in [0.3, 0.4) is 0 Å². The fourth-order valence-electron chi connectivity index (χ4n) is 6.32. The Morgan fingerprint density at radius 3 is 2.31 bits per heavy atom. The van der Waals surface area contributed by atoms with Crippen LogP contribution in [-0.2, 0) is 18.9 Å². The van der Waals surface area contributed by atoms with Gasteiger partial charge in [0.1, 0.15) is 27.9 Å². The number of ketones is 2. The number of hydrogen-bond acceptors (Lipinski definition) is 9. The summed E-state index contributed by atoms with van der Waals surface area (Å²) < 4.78 is 19.6. The lowest BCUT2D eigenvalue weighted by Gasteiger charge is -2.42. The number of carbonyl (C=O) groups is 2. The van der Waals surface area contributed by atoms with E-state index in [4.69, 9.17) is 25.8 Å². The van der Waals surface area contributed by atoms with Crippen molar-refractivity contribution >= 4 is 40.7 Å². The number of thioether (sulfide) groups is 1. The molecular formula is C30H28ClN3O7S. The number of hydrogen-bond donors (Lipinski definition) is 1. The third-order valence-corrected chi connectivity index (χ3v) is 9.63. The largest absolute Gasteiger partial charge is 0.496 e. The summed E-state index contributed by atoms with van der Waals surface area (Å²) in [6, 6.07) is 9.02. The Morgan fingerprint density at radius 1 is 1.02 bits per heavy atom. The minimum absolute atomic E-state index is 0.0190. The van der Waals surface area contributed by atoms with Gasteiger partial charge in [0.25, 0.3) is 5.56 Å². The monoisotopic (exact) mass is 609 g/mol. The molecule has 1 unspecified atom stereocenters. The molecule has 1 aromatic heterocycles. The predicted octanol–water partition coefficient (Wildman–Crippen LogP) is 3.91. The van der Waals surface area contributed by atoms with Gasteiger partial charge in [0.15, 0.2) is 5.75 Å². The summed E-state index contributed by atoms with van der Waals surface area (Å²) >= 11 is 8.16. The molecule has 0 saturated heterocycles. The van der Waals surface area contributed by atoms with Crippen LogP contribution in [0.2, 0.25) is 5.02 Å². The first-order chi connectivity index (χ1) is 20.0. The number of Topliss-reactive ketones (excluding diaryl/α,β-unsaturated/α-hetero) is 2. The van der Waals surface area contributed by atoms with Crippen molar-refractivity contribution in [3.05, 3.63) is 84.2 Å². The summed E-state index contributed by atoms with van der Waals surface area (Å²) in [7, 11) is 5.81. The highest BCUT2D eigenvalue weighted by Crippen LogP contribution is 2.56. The zero-order chi connectivity index (χ0) is 30.2. The van der Waals surface area contributed by atoms with Crippen LogP contribution in [0.25, 0.3) is 0 Å². The van der Waals surface area contributed by atoms with Crippen LogP contribution >= 0.6 is 23.4 Å². The smallest absolute Gasteiger partial charge is 0.332 e. The number of aromatic nitrogens is 2. The number of halogens is 1. The van der Waals surface area contributed by atoms with Gasteiger partial charge in [-0.05, 0) is 30.4 Å². The van der Waals surface area contributed by atoms with Crippen molar-refractivity contribution in [3.8, 4) is 17.2 Å². The Kier molecular flexibility index (Phi) is 6.58. The van der Waals surface area contributed by atoms with Gasteiger partial charge in [-0.2, -0.15) is 0 Å². The van der Waals surface area contributed by atoms with Gasteiger partial charge in [-0.1, -0.05) is 30.7 Å². The number of carbonyl (C=O) groups excluding carboxylic acids is 2. The van der Waals surface area contributed by atoms with E-state index in [0.29, 0.717) is 17.1 Å². The molecule has 0 radical (unpaired) electrons. The Bertz CT molecular complexity index is 1860. The summed E-state index contributed by atoms with van der Waals surface area (Å²) in [4.78, 5) is 56.8. The summed E-state index contributed by atoms with van der Waals surface area (Å²) in [5.41, 5.74) is -1.27. The second kappa shape index (κ2) is 9.81. The first-order valence-corrected chi connectivity index (χ1v) is 14.8. The van der Waals surface area contributed by atoms with E-state index in [1.165, 1.54) is 31.9 Å². The van der Waals surface area contributed by atoms with Crippen LogP contribution in [0.1, 0.15) is 40.7 Å². The molecule has 0 saturated carbocycles. The van der Waals surface area contributed by atoms with E-state index in [-0.39, 0.29) is 45.4 Å². The summed E-state index contributed by atoms with van der Waals surface area (Å²) in [5.74, 6) is -1.93. The molecule has 42 heavy (non-hydrogen) atoms. The van der Waals surface area contributed by atoms with Gasteiger partial charge < -0.3 is 19.5 Å². The topological polar surface area (TPSA) is 118 Å². The summed E-state index contributed by atoms with van der Waals surface area (Å²) in [6.07, 6.45) is 2.17. The van der Waals surface area contributed by atoms with Crippen LogP contribution in [0.15, 0.2) is 56.1 Å². The fraction of sp³-hybridized carbons (Fsp3) is 0.333. The number of ether oxygens (including phenoxy) is 3. The highest BCUT2D eigenvalue weighted by atomic mass is 35.5. The number of rotatable bonds is 4. The van der Waals surface area contributed by atoms with E-state index in [9.17, 15) is 19.2 Å². The zero-order valence-electron chi connectivity index (χ0n) is 23.8. The molecule has 10 nitrogen and oxygen atoms in total. The minimum atomic E-state index is -1.95. The van der Waals surface area contributed by atoms with Crippen molar-refractivity contribution in [1.82, 2.24) is 9.13 Å². The molecule has 2 aromatic carbocycles. The van der Waals surface area contributed by atoms with Crippen LogP contribution in [0, 0.1) is 5.92 Å². The lowest BCUT2D eigenvalue weighted by Crippen LogP contribution is -2.58. The molecule has 3 aromatic rings. The van der Waals surface area contributed by atoms with Gasteiger partial charge in [0.2, 0.25) is 17.2 Å². The van der Waals surface area contributed by atoms with E-state index in [2.05, 4.69) is 5.32 Å². The van der Waals surface area contributed by atoms with Crippen LogP contribution in [0.5, 0.6) is 17.2 Å². The first-order valence-electron chi connectivity index (χ1n) is 13.2. The number of anilines is 1. The molecule has 1 aliphatic carbocycles. The molecule has 3 aliphatic rings. The Morgan fingerprint density at radius 2 is 1.69 bits per heavy atom. The Hall–Kier alpha value is -3.96. The van der Waals surface area contributed by atoms with Gasteiger partial charge in [0.05, 0.1) is 19.8 Å². The van der Waals surface area contributed by atoms with Gasteiger partial charge in [-0.3, -0.25) is 23.5 Å². The molecule has 3 heterocycles. The lowest BCUT2D eigenvalue weighted by molar-refractivity contribution is -0.130. The quantitative estimate of drug-likeness (QED) is 0.347. The van der Waals surface area contributed by atoms with Crippen molar-refractivity contribution in [1.29, 1.82) is 0 Å². The second-order valence-corrected chi connectivity index (χ2v) is 11.8. The maximum atomic E-state index is 14.9. The second-order valence-electron chi connectivity index (χ2n) is 10.6. The number of fused-ring (bicyclic) bond motifs is 2. The molecule has 3 atom stereocenters. The SMILES string of the molecule is COc1cc(OC)c2c(c1Cl)O[C@@]1(C(=O)C3=C(C[C@H]1C)Nc1c(c(=O)n(C)c(=O)n1C)C3c1ccc(SC)cc1)C2=O. The van der Waals surface area contributed by atoms with Crippen molar-refractivity contribution in [2.75, 3.05) is 25.8 Å². The van der Waals surface area contributed by atoms with Gasteiger partial charge in [-0.25, -0.2) is 4.79 Å². The zero-order valence-corrected chi connectivity index (χ0v) is 25.4. The van der Waals surface area contributed by atoms with E-state index in [0.717, 1.165) is 9.46 Å². The fourth-order valence-corrected chi connectivity index (χ4v) is 6.99. The lowest BCUT2D eigenvalue weighted by atomic mass is 9.66. The number of methoxy groups -OCH3 is 2. The number of nitrogens with zero attached hydrogens (tertiary/aromatic N) is 2. The molecule has 6 rings (SSSR count). The average Bonchev–Trinajstić information content (AvgIpc) is 3.31. The highest BCUT2D eigenvalue weighted by molar-refractivity contribution is 7.98. The number of nitrogens with one attached hydrogen (secondary N) is 1. The molecule has 1 spiro atoms. The van der Waals surface area contributed by atoms with E-state index >= 15 is 0 Å². The molecule has 0 bridgehead atoms. The van der Waals surface area contributed by atoms with Crippen molar-refractivity contribution in [2.24, 2.45) is 20.0 Å². The maximum Gasteiger partial charge on any atom is 0.332 e. The van der Waals surface area contributed by atoms with Gasteiger partial charge >= 0.3 is 5.69 Å². The number of benzene rings is 2. The standard InChI is InChI=1S/C30H28ClN3O7S/c1-13-11-16-20(25(35)30(13)26(36)21-17(39-4)12-18(40-5)23(31)24(21)41-30)19(14-7-9-15(42-6)10-8-14)22-27(32-16)33(2)29(38)34(3)28(22)37/h7-10,12-13,19,32H,11H2,1-6H3/t13-,19?,30+/m1/s1. The molecule has 0 fully saturated rings. The molecule has 1 N–H and O–H groups in total. The first kappa shape index (κ1) is 28.2.